The van der Waals surface area contributed by atoms with Gasteiger partial charge in [-0.2, -0.15) is 0 Å². The number of hydrogen-bond donors (Lipinski definition) is 1. The zero-order valence-corrected chi connectivity index (χ0v) is 12.2. The summed E-state index contributed by atoms with van der Waals surface area (Å²) in [6.45, 7) is 3.50. The van der Waals surface area contributed by atoms with E-state index in [4.69, 9.17) is 9.47 Å². The lowest BCUT2D eigenvalue weighted by Crippen LogP contribution is -2.42. The Morgan fingerprint density at radius 2 is 2.25 bits per heavy atom. The molecule has 1 saturated carbocycles. The first-order valence-electron chi connectivity index (χ1n) is 7.79. The van der Waals surface area contributed by atoms with Gasteiger partial charge in [-0.3, -0.25) is 0 Å². The Balaban J connectivity index is 1.59. The van der Waals surface area contributed by atoms with Crippen LogP contribution >= 0.6 is 0 Å². The van der Waals surface area contributed by atoms with E-state index in [0.29, 0.717) is 18.5 Å². The van der Waals surface area contributed by atoms with Crippen LogP contribution in [0.5, 0.6) is 5.88 Å². The molecule has 4 heteroatoms. The first-order chi connectivity index (χ1) is 9.80. The van der Waals surface area contributed by atoms with E-state index in [9.17, 15) is 0 Å². The molecule has 1 aliphatic carbocycles. The Bertz CT molecular complexity index is 427. The molecular weight excluding hydrogens is 252 g/mol. The lowest BCUT2D eigenvalue weighted by atomic mass is 9.89. The van der Waals surface area contributed by atoms with Crippen LogP contribution in [0.15, 0.2) is 18.3 Å². The van der Waals surface area contributed by atoms with Gasteiger partial charge < -0.3 is 14.8 Å². The van der Waals surface area contributed by atoms with E-state index >= 15 is 0 Å². The standard InChI is InChI=1S/C16H24N2O2/c1-2-19-15-6-5-14(12-17-15)18-13-7-10-20-16(11-13)8-3-4-9-16/h5-6,12-13,18H,2-4,7-11H2,1H3. The van der Waals surface area contributed by atoms with Crippen LogP contribution in [0.1, 0.15) is 45.4 Å². The van der Waals surface area contributed by atoms with Crippen molar-refractivity contribution in [2.24, 2.45) is 0 Å². The number of pyridine rings is 1. The second kappa shape index (κ2) is 6.00. The summed E-state index contributed by atoms with van der Waals surface area (Å²) in [6, 6.07) is 4.48. The van der Waals surface area contributed by atoms with E-state index in [-0.39, 0.29) is 5.60 Å². The highest BCUT2D eigenvalue weighted by atomic mass is 16.5. The maximum atomic E-state index is 6.07. The van der Waals surface area contributed by atoms with Crippen LogP contribution in [0, 0.1) is 0 Å². The van der Waals surface area contributed by atoms with E-state index < -0.39 is 0 Å². The molecule has 1 atom stereocenters. The fourth-order valence-electron chi connectivity index (χ4n) is 3.45. The van der Waals surface area contributed by atoms with Crippen molar-refractivity contribution in [1.82, 2.24) is 4.98 Å². The van der Waals surface area contributed by atoms with E-state index in [1.807, 2.05) is 19.2 Å². The van der Waals surface area contributed by atoms with E-state index in [1.165, 1.54) is 25.7 Å². The summed E-state index contributed by atoms with van der Waals surface area (Å²) in [4.78, 5) is 4.31. The van der Waals surface area contributed by atoms with Gasteiger partial charge in [0.25, 0.3) is 0 Å². The topological polar surface area (TPSA) is 43.4 Å². The number of nitrogens with zero attached hydrogens (tertiary/aromatic N) is 1. The van der Waals surface area contributed by atoms with Crippen LogP contribution < -0.4 is 10.1 Å². The maximum Gasteiger partial charge on any atom is 0.213 e. The van der Waals surface area contributed by atoms with Crippen molar-refractivity contribution in [1.29, 1.82) is 0 Å². The Morgan fingerprint density at radius 3 is 2.95 bits per heavy atom. The molecule has 110 valence electrons. The molecule has 1 unspecified atom stereocenters. The summed E-state index contributed by atoms with van der Waals surface area (Å²) in [7, 11) is 0. The van der Waals surface area contributed by atoms with Gasteiger partial charge in [-0.05, 0) is 38.7 Å². The second-order valence-corrected chi connectivity index (χ2v) is 5.89. The van der Waals surface area contributed by atoms with E-state index in [2.05, 4.69) is 16.4 Å². The number of ether oxygens (including phenoxy) is 2. The average Bonchev–Trinajstić information content (AvgIpc) is 2.89. The maximum absolute atomic E-state index is 6.07. The van der Waals surface area contributed by atoms with Crippen molar-refractivity contribution in [2.75, 3.05) is 18.5 Å². The molecule has 1 aromatic heterocycles. The smallest absolute Gasteiger partial charge is 0.213 e. The molecular formula is C16H24N2O2. The van der Waals surface area contributed by atoms with Gasteiger partial charge in [-0.25, -0.2) is 4.98 Å². The van der Waals surface area contributed by atoms with Gasteiger partial charge in [0, 0.05) is 18.7 Å². The molecule has 0 radical (unpaired) electrons. The van der Waals surface area contributed by atoms with Crippen molar-refractivity contribution in [3.63, 3.8) is 0 Å². The Kier molecular flexibility index (Phi) is 4.10. The first kappa shape index (κ1) is 13.7. The number of hydrogen-bond acceptors (Lipinski definition) is 4. The molecule has 0 aromatic carbocycles. The van der Waals surface area contributed by atoms with Crippen LogP contribution in [0.2, 0.25) is 0 Å². The third-order valence-electron chi connectivity index (χ3n) is 4.41. The highest BCUT2D eigenvalue weighted by Gasteiger charge is 2.39. The van der Waals surface area contributed by atoms with Crippen LogP contribution in [0.3, 0.4) is 0 Å². The molecule has 2 heterocycles. The minimum absolute atomic E-state index is 0.161. The molecule has 1 aliphatic heterocycles. The van der Waals surface area contributed by atoms with Gasteiger partial charge in [-0.1, -0.05) is 12.8 Å². The molecule has 4 nitrogen and oxygen atoms in total. The summed E-state index contributed by atoms with van der Waals surface area (Å²) in [5.74, 6) is 0.692. The largest absolute Gasteiger partial charge is 0.478 e. The van der Waals surface area contributed by atoms with Crippen molar-refractivity contribution < 1.29 is 9.47 Å². The predicted octanol–water partition coefficient (Wildman–Crippen LogP) is 3.38. The summed E-state index contributed by atoms with van der Waals surface area (Å²) in [5, 5.41) is 3.60. The Labute approximate surface area is 120 Å². The minimum Gasteiger partial charge on any atom is -0.478 e. The summed E-state index contributed by atoms with van der Waals surface area (Å²) in [5.41, 5.74) is 1.24. The molecule has 1 spiro atoms. The quantitative estimate of drug-likeness (QED) is 0.915. The third kappa shape index (κ3) is 3.06. The third-order valence-corrected chi connectivity index (χ3v) is 4.41. The molecule has 0 bridgehead atoms. The number of nitrogens with one attached hydrogen (secondary N) is 1. The summed E-state index contributed by atoms with van der Waals surface area (Å²) in [6.07, 6.45) is 9.16. The Morgan fingerprint density at radius 1 is 1.40 bits per heavy atom. The lowest BCUT2D eigenvalue weighted by molar-refractivity contribution is -0.0767. The monoisotopic (exact) mass is 276 g/mol. The van der Waals surface area contributed by atoms with Gasteiger partial charge in [0.15, 0.2) is 0 Å². The van der Waals surface area contributed by atoms with Crippen molar-refractivity contribution in [3.8, 4) is 5.88 Å². The molecule has 1 saturated heterocycles. The van der Waals surface area contributed by atoms with Crippen LogP contribution in [0.4, 0.5) is 5.69 Å². The first-order valence-corrected chi connectivity index (χ1v) is 7.79. The van der Waals surface area contributed by atoms with Crippen molar-refractivity contribution in [2.45, 2.75) is 57.1 Å². The lowest BCUT2D eigenvalue weighted by Gasteiger charge is -2.38. The van der Waals surface area contributed by atoms with Crippen LogP contribution in [-0.2, 0) is 4.74 Å². The van der Waals surface area contributed by atoms with Crippen molar-refractivity contribution in [3.05, 3.63) is 18.3 Å². The van der Waals surface area contributed by atoms with E-state index in [0.717, 1.165) is 25.1 Å². The van der Waals surface area contributed by atoms with Gasteiger partial charge in [0.2, 0.25) is 5.88 Å². The molecule has 0 amide bonds. The van der Waals surface area contributed by atoms with E-state index in [1.54, 1.807) is 0 Å². The van der Waals surface area contributed by atoms with Gasteiger partial charge in [0.1, 0.15) is 0 Å². The van der Waals surface area contributed by atoms with Gasteiger partial charge in [0.05, 0.1) is 24.1 Å². The summed E-state index contributed by atoms with van der Waals surface area (Å²) >= 11 is 0. The highest BCUT2D eigenvalue weighted by molar-refractivity contribution is 5.43. The normalized spacial score (nSPS) is 24.8. The fourth-order valence-corrected chi connectivity index (χ4v) is 3.45. The van der Waals surface area contributed by atoms with Gasteiger partial charge >= 0.3 is 0 Å². The van der Waals surface area contributed by atoms with Crippen molar-refractivity contribution >= 4 is 5.69 Å². The predicted molar refractivity (Wildman–Crippen MR) is 79.2 cm³/mol. The summed E-state index contributed by atoms with van der Waals surface area (Å²) < 4.78 is 11.4. The van der Waals surface area contributed by atoms with Crippen LogP contribution in [-0.4, -0.2) is 29.8 Å². The average molecular weight is 276 g/mol. The number of rotatable bonds is 4. The second-order valence-electron chi connectivity index (χ2n) is 5.89. The molecule has 20 heavy (non-hydrogen) atoms. The number of anilines is 1. The molecule has 2 fully saturated rings. The fraction of sp³-hybridized carbons (Fsp3) is 0.688. The zero-order valence-electron chi connectivity index (χ0n) is 12.2. The molecule has 3 rings (SSSR count). The highest BCUT2D eigenvalue weighted by Crippen LogP contribution is 2.40. The Hall–Kier alpha value is -1.29. The van der Waals surface area contributed by atoms with Crippen LogP contribution in [0.25, 0.3) is 0 Å². The number of aromatic nitrogens is 1. The zero-order chi connectivity index (χ0) is 13.8. The minimum atomic E-state index is 0.161. The molecule has 1 N–H and O–H groups in total. The molecule has 1 aromatic rings. The molecule has 2 aliphatic rings. The SMILES string of the molecule is CCOc1ccc(NC2CCOC3(CCCC3)C2)cn1. The van der Waals surface area contributed by atoms with Gasteiger partial charge in [-0.15, -0.1) is 0 Å².